The van der Waals surface area contributed by atoms with E-state index in [-0.39, 0.29) is 12.2 Å². The number of nitrogens with one attached hydrogen (secondary N) is 3. The van der Waals surface area contributed by atoms with Gasteiger partial charge in [-0.15, -0.1) is 0 Å². The number of hydrogen-bond acceptors (Lipinski definition) is 2. The minimum Gasteiger partial charge on any atom is -0.351 e. The van der Waals surface area contributed by atoms with Crippen molar-refractivity contribution in [3.8, 4) is 33.4 Å². The molecule has 0 spiro atoms. The summed E-state index contributed by atoms with van der Waals surface area (Å²) >= 11 is 0. The van der Waals surface area contributed by atoms with E-state index < -0.39 is 0 Å². The van der Waals surface area contributed by atoms with Crippen molar-refractivity contribution >= 4 is 5.84 Å². The lowest BCUT2D eigenvalue weighted by Gasteiger charge is -2.27. The van der Waals surface area contributed by atoms with E-state index in [1.807, 2.05) is 42.5 Å². The summed E-state index contributed by atoms with van der Waals surface area (Å²) in [4.78, 5) is 0. The lowest BCUT2D eigenvalue weighted by molar-refractivity contribution is 0.444. The van der Waals surface area contributed by atoms with Crippen molar-refractivity contribution < 1.29 is 0 Å². The fourth-order valence-corrected chi connectivity index (χ4v) is 5.43. The van der Waals surface area contributed by atoms with Gasteiger partial charge in [0.15, 0.2) is 0 Å². The van der Waals surface area contributed by atoms with Crippen molar-refractivity contribution in [3.05, 3.63) is 180 Å². The summed E-state index contributed by atoms with van der Waals surface area (Å²) in [6.45, 7) is 2.18. The molecule has 0 saturated carbocycles. The molecule has 0 aliphatic carbocycles. The molecule has 0 saturated heterocycles. The molecule has 6 aromatic rings. The Labute approximate surface area is 254 Å². The van der Waals surface area contributed by atoms with E-state index in [1.54, 1.807) is 0 Å². The van der Waals surface area contributed by atoms with Crippen molar-refractivity contribution in [1.82, 2.24) is 10.6 Å². The molecule has 3 nitrogen and oxygen atoms in total. The Morgan fingerprint density at radius 3 is 1.42 bits per heavy atom. The summed E-state index contributed by atoms with van der Waals surface area (Å²) in [6, 6.07) is 56.6. The Bertz CT molecular complexity index is 1800. The summed E-state index contributed by atoms with van der Waals surface area (Å²) in [5, 5.41) is 16.5. The van der Waals surface area contributed by atoms with Gasteiger partial charge in [0.05, 0.1) is 0 Å². The van der Waals surface area contributed by atoms with Crippen LogP contribution in [0.2, 0.25) is 0 Å². The van der Waals surface area contributed by atoms with Crippen molar-refractivity contribution in [2.45, 2.75) is 19.1 Å². The van der Waals surface area contributed by atoms with Crippen LogP contribution in [0, 0.1) is 5.41 Å². The Morgan fingerprint density at radius 1 is 0.465 bits per heavy atom. The number of rotatable bonds is 9. The van der Waals surface area contributed by atoms with Crippen LogP contribution in [0.5, 0.6) is 0 Å². The van der Waals surface area contributed by atoms with E-state index in [1.165, 1.54) is 16.7 Å². The SMILES string of the molecule is CC(NC(NC(=N)c1cccc(-c2ccccc2)c1)c1cccc(-c2ccccc2)c1)c1cccc(-c2ccccc2)c1. The highest BCUT2D eigenvalue weighted by Gasteiger charge is 2.19. The molecule has 2 atom stereocenters. The fourth-order valence-electron chi connectivity index (χ4n) is 5.43. The molecule has 210 valence electrons. The molecule has 3 heteroatoms. The molecule has 3 N–H and O–H groups in total. The Hall–Kier alpha value is -5.25. The van der Waals surface area contributed by atoms with Crippen molar-refractivity contribution in [3.63, 3.8) is 0 Å². The maximum atomic E-state index is 9.13. The van der Waals surface area contributed by atoms with E-state index in [9.17, 15) is 0 Å². The normalized spacial score (nSPS) is 12.3. The van der Waals surface area contributed by atoms with Crippen LogP contribution in [-0.4, -0.2) is 5.84 Å². The van der Waals surface area contributed by atoms with Gasteiger partial charge in [-0.2, -0.15) is 0 Å². The van der Waals surface area contributed by atoms with E-state index in [4.69, 9.17) is 5.41 Å². The predicted molar refractivity (Wildman–Crippen MR) is 180 cm³/mol. The first-order valence-electron chi connectivity index (χ1n) is 14.7. The minimum absolute atomic E-state index is 0.0185. The van der Waals surface area contributed by atoms with Crippen LogP contribution < -0.4 is 10.6 Å². The van der Waals surface area contributed by atoms with E-state index in [2.05, 4.69) is 139 Å². The van der Waals surface area contributed by atoms with E-state index in [0.717, 1.165) is 33.4 Å². The van der Waals surface area contributed by atoms with E-state index >= 15 is 0 Å². The molecular formula is C40H35N3. The first-order valence-corrected chi connectivity index (χ1v) is 14.7. The summed E-state index contributed by atoms with van der Waals surface area (Å²) in [7, 11) is 0. The molecule has 0 aliphatic rings. The molecule has 6 rings (SSSR count). The Morgan fingerprint density at radius 2 is 0.884 bits per heavy atom. The second-order valence-corrected chi connectivity index (χ2v) is 10.8. The highest BCUT2D eigenvalue weighted by molar-refractivity contribution is 5.97. The molecule has 43 heavy (non-hydrogen) atoms. The highest BCUT2D eigenvalue weighted by atomic mass is 15.2. The molecule has 6 aromatic carbocycles. The van der Waals surface area contributed by atoms with Crippen molar-refractivity contribution in [2.24, 2.45) is 0 Å². The molecule has 0 bridgehead atoms. The van der Waals surface area contributed by atoms with Crippen LogP contribution in [0.15, 0.2) is 164 Å². The molecule has 0 radical (unpaired) electrons. The zero-order chi connectivity index (χ0) is 29.4. The van der Waals surface area contributed by atoms with Gasteiger partial charge >= 0.3 is 0 Å². The zero-order valence-electron chi connectivity index (χ0n) is 24.2. The summed E-state index contributed by atoms with van der Waals surface area (Å²) in [5.74, 6) is 0.366. The fraction of sp³-hybridized carbons (Fsp3) is 0.0750. The Balaban J connectivity index is 1.31. The van der Waals surface area contributed by atoms with Crippen LogP contribution in [0.4, 0.5) is 0 Å². The van der Waals surface area contributed by atoms with Gasteiger partial charge in [-0.25, -0.2) is 0 Å². The van der Waals surface area contributed by atoms with Gasteiger partial charge in [0.1, 0.15) is 12.0 Å². The molecular weight excluding hydrogens is 522 g/mol. The molecule has 0 aliphatic heterocycles. The van der Waals surface area contributed by atoms with Crippen molar-refractivity contribution in [2.75, 3.05) is 0 Å². The maximum Gasteiger partial charge on any atom is 0.126 e. The number of amidine groups is 1. The molecule has 0 amide bonds. The van der Waals surface area contributed by atoms with Gasteiger partial charge in [0, 0.05) is 11.6 Å². The van der Waals surface area contributed by atoms with Gasteiger partial charge in [-0.3, -0.25) is 10.7 Å². The van der Waals surface area contributed by atoms with Gasteiger partial charge in [0.2, 0.25) is 0 Å². The molecule has 2 unspecified atom stereocenters. The van der Waals surface area contributed by atoms with Crippen LogP contribution in [-0.2, 0) is 0 Å². The molecule has 0 aromatic heterocycles. The monoisotopic (exact) mass is 557 g/mol. The lowest BCUT2D eigenvalue weighted by atomic mass is 9.98. The standard InChI is InChI=1S/C40H35N3/c1-29(33-20-11-21-34(26-33)30-14-5-2-6-15-30)42-40(38-25-13-23-36(28-38)32-18-9-4-10-19-32)43-39(41)37-24-12-22-35(27-37)31-16-7-3-8-17-31/h2-29,40,42H,1H3,(H2,41,43). The third-order valence-corrected chi connectivity index (χ3v) is 7.78. The third kappa shape index (κ3) is 6.81. The van der Waals surface area contributed by atoms with Gasteiger partial charge in [0.25, 0.3) is 0 Å². The molecule has 0 heterocycles. The lowest BCUT2D eigenvalue weighted by Crippen LogP contribution is -2.39. The third-order valence-electron chi connectivity index (χ3n) is 7.78. The topological polar surface area (TPSA) is 47.9 Å². The van der Waals surface area contributed by atoms with Gasteiger partial charge in [-0.1, -0.05) is 146 Å². The second kappa shape index (κ2) is 13.2. The maximum absolute atomic E-state index is 9.13. The zero-order valence-corrected chi connectivity index (χ0v) is 24.2. The van der Waals surface area contributed by atoms with Crippen LogP contribution in [0.3, 0.4) is 0 Å². The van der Waals surface area contributed by atoms with E-state index in [0.29, 0.717) is 5.84 Å². The summed E-state index contributed by atoms with van der Waals surface area (Å²) in [6.07, 6.45) is -0.299. The number of hydrogen-bond donors (Lipinski definition) is 3. The van der Waals surface area contributed by atoms with Crippen LogP contribution >= 0.6 is 0 Å². The van der Waals surface area contributed by atoms with Gasteiger partial charge < -0.3 is 5.32 Å². The first kappa shape index (κ1) is 27.9. The molecule has 0 fully saturated rings. The van der Waals surface area contributed by atoms with Gasteiger partial charge in [-0.05, 0) is 69.6 Å². The van der Waals surface area contributed by atoms with Crippen LogP contribution in [0.25, 0.3) is 33.4 Å². The largest absolute Gasteiger partial charge is 0.351 e. The smallest absolute Gasteiger partial charge is 0.126 e. The quantitative estimate of drug-likeness (QED) is 0.0941. The van der Waals surface area contributed by atoms with Crippen LogP contribution in [0.1, 0.15) is 35.8 Å². The first-order chi connectivity index (χ1) is 21.1. The summed E-state index contributed by atoms with van der Waals surface area (Å²) < 4.78 is 0. The average molecular weight is 558 g/mol. The summed E-state index contributed by atoms with van der Waals surface area (Å²) in [5.41, 5.74) is 10.0. The van der Waals surface area contributed by atoms with Crippen molar-refractivity contribution in [1.29, 1.82) is 5.41 Å². The highest BCUT2D eigenvalue weighted by Crippen LogP contribution is 2.27. The second-order valence-electron chi connectivity index (χ2n) is 10.8. The predicted octanol–water partition coefficient (Wildman–Crippen LogP) is 9.65. The minimum atomic E-state index is -0.299. The average Bonchev–Trinajstić information content (AvgIpc) is 3.09. The Kier molecular flexibility index (Phi) is 8.54. The number of benzene rings is 6.